The largest absolute Gasteiger partial charge is 0.324 e. The van der Waals surface area contributed by atoms with Crippen molar-refractivity contribution < 1.29 is 0 Å². The molecule has 4 rings (SSSR count). The number of H-pyrrole nitrogens is 1. The summed E-state index contributed by atoms with van der Waals surface area (Å²) in [6.45, 7) is 5.37. The van der Waals surface area contributed by atoms with Crippen molar-refractivity contribution in [1.29, 1.82) is 0 Å². The Morgan fingerprint density at radius 2 is 2.00 bits per heavy atom. The second-order valence-electron chi connectivity index (χ2n) is 6.50. The number of benzene rings is 1. The van der Waals surface area contributed by atoms with Gasteiger partial charge in [0.15, 0.2) is 0 Å². The average molecular weight is 334 g/mol. The Bertz CT molecular complexity index is 837. The van der Waals surface area contributed by atoms with Crippen molar-refractivity contribution in [3.05, 3.63) is 53.9 Å². The number of anilines is 2. The van der Waals surface area contributed by atoms with E-state index in [-0.39, 0.29) is 0 Å². The third kappa shape index (κ3) is 3.85. The Morgan fingerprint density at radius 1 is 1.12 bits per heavy atom. The first-order valence-electron chi connectivity index (χ1n) is 8.70. The number of hydrogen-bond donors (Lipinski definition) is 2. The lowest BCUT2D eigenvalue weighted by molar-refractivity contribution is 0.331. The van der Waals surface area contributed by atoms with Gasteiger partial charge in [-0.1, -0.05) is 12.1 Å². The standard InChI is InChI=1S/C19H22N6/c1-14-11-18(17-7-8-20-24-17)23-19(21-14)22-16-6-4-5-15(12-16)13-25-9-2-3-10-25/h4-8,11-12H,2-3,9-10,13H2,1H3,(H,20,24)(H,21,22,23). The van der Waals surface area contributed by atoms with Gasteiger partial charge in [0.2, 0.25) is 5.95 Å². The van der Waals surface area contributed by atoms with Crippen LogP contribution < -0.4 is 5.32 Å². The fraction of sp³-hybridized carbons (Fsp3) is 0.316. The summed E-state index contributed by atoms with van der Waals surface area (Å²) in [4.78, 5) is 11.6. The van der Waals surface area contributed by atoms with E-state index in [0.29, 0.717) is 5.95 Å². The summed E-state index contributed by atoms with van der Waals surface area (Å²) >= 11 is 0. The molecule has 2 N–H and O–H groups in total. The molecule has 0 aliphatic carbocycles. The molecule has 25 heavy (non-hydrogen) atoms. The smallest absolute Gasteiger partial charge is 0.228 e. The van der Waals surface area contributed by atoms with Crippen molar-refractivity contribution in [2.75, 3.05) is 18.4 Å². The highest BCUT2D eigenvalue weighted by Gasteiger charge is 2.12. The van der Waals surface area contributed by atoms with Gasteiger partial charge < -0.3 is 5.32 Å². The van der Waals surface area contributed by atoms with E-state index >= 15 is 0 Å². The number of likely N-dealkylation sites (tertiary alicyclic amines) is 1. The van der Waals surface area contributed by atoms with E-state index < -0.39 is 0 Å². The molecule has 0 radical (unpaired) electrons. The molecule has 3 aromatic rings. The first-order valence-corrected chi connectivity index (χ1v) is 8.70. The molecular formula is C19H22N6. The van der Waals surface area contributed by atoms with Crippen molar-refractivity contribution in [1.82, 2.24) is 25.1 Å². The van der Waals surface area contributed by atoms with Crippen LogP contribution in [0.1, 0.15) is 24.1 Å². The molecule has 0 amide bonds. The number of nitrogens with one attached hydrogen (secondary N) is 2. The Morgan fingerprint density at radius 3 is 2.80 bits per heavy atom. The van der Waals surface area contributed by atoms with Gasteiger partial charge in [0.05, 0.1) is 11.4 Å². The van der Waals surface area contributed by atoms with Crippen LogP contribution in [0.15, 0.2) is 42.6 Å². The summed E-state index contributed by atoms with van der Waals surface area (Å²) in [5, 5.41) is 10.3. The average Bonchev–Trinajstić information content (AvgIpc) is 3.28. The first kappa shape index (κ1) is 15.8. The summed E-state index contributed by atoms with van der Waals surface area (Å²) in [5.41, 5.74) is 4.96. The topological polar surface area (TPSA) is 69.7 Å². The van der Waals surface area contributed by atoms with Gasteiger partial charge in [-0.05, 0) is 62.7 Å². The molecule has 128 valence electrons. The second-order valence-corrected chi connectivity index (χ2v) is 6.50. The van der Waals surface area contributed by atoms with E-state index in [0.717, 1.165) is 29.3 Å². The van der Waals surface area contributed by atoms with Gasteiger partial charge in [-0.25, -0.2) is 9.97 Å². The molecule has 2 aromatic heterocycles. The highest BCUT2D eigenvalue weighted by molar-refractivity contribution is 5.60. The van der Waals surface area contributed by atoms with Crippen LogP contribution in [0.3, 0.4) is 0 Å². The predicted octanol–water partition coefficient (Wildman–Crippen LogP) is 3.51. The van der Waals surface area contributed by atoms with Gasteiger partial charge >= 0.3 is 0 Å². The molecule has 0 unspecified atom stereocenters. The quantitative estimate of drug-likeness (QED) is 0.747. The molecule has 6 nitrogen and oxygen atoms in total. The lowest BCUT2D eigenvalue weighted by atomic mass is 10.2. The Balaban J connectivity index is 1.53. The Hall–Kier alpha value is -2.73. The molecule has 0 spiro atoms. The normalized spacial score (nSPS) is 14.8. The molecule has 1 aliphatic heterocycles. The fourth-order valence-electron chi connectivity index (χ4n) is 3.24. The van der Waals surface area contributed by atoms with E-state index in [1.54, 1.807) is 6.20 Å². The number of nitrogens with zero attached hydrogens (tertiary/aromatic N) is 4. The monoisotopic (exact) mass is 334 g/mol. The van der Waals surface area contributed by atoms with E-state index in [9.17, 15) is 0 Å². The molecule has 0 atom stereocenters. The van der Waals surface area contributed by atoms with Gasteiger partial charge in [-0.3, -0.25) is 10.00 Å². The maximum absolute atomic E-state index is 4.60. The zero-order valence-electron chi connectivity index (χ0n) is 14.4. The van der Waals surface area contributed by atoms with E-state index in [1.165, 1.54) is 31.5 Å². The minimum absolute atomic E-state index is 0.600. The first-order chi connectivity index (χ1) is 12.3. The number of rotatable bonds is 5. The molecule has 0 bridgehead atoms. The van der Waals surface area contributed by atoms with Crippen LogP contribution in [0.25, 0.3) is 11.4 Å². The summed E-state index contributed by atoms with van der Waals surface area (Å²) < 4.78 is 0. The highest BCUT2D eigenvalue weighted by atomic mass is 15.1. The Labute approximate surface area is 147 Å². The van der Waals surface area contributed by atoms with E-state index in [2.05, 4.69) is 54.6 Å². The van der Waals surface area contributed by atoms with Crippen molar-refractivity contribution in [2.45, 2.75) is 26.3 Å². The molecule has 0 saturated carbocycles. The third-order valence-corrected chi connectivity index (χ3v) is 4.42. The van der Waals surface area contributed by atoms with Gasteiger partial charge in [-0.15, -0.1) is 0 Å². The summed E-state index contributed by atoms with van der Waals surface area (Å²) in [5.74, 6) is 0.600. The SMILES string of the molecule is Cc1cc(-c2ccn[nH]2)nc(Nc2cccc(CN3CCCC3)c2)n1. The van der Waals surface area contributed by atoms with Crippen LogP contribution in [0, 0.1) is 6.92 Å². The maximum atomic E-state index is 4.60. The second kappa shape index (κ2) is 7.03. The van der Waals surface area contributed by atoms with E-state index in [4.69, 9.17) is 0 Å². The predicted molar refractivity (Wildman–Crippen MR) is 98.6 cm³/mol. The molecule has 3 heterocycles. The zero-order chi connectivity index (χ0) is 17.1. The summed E-state index contributed by atoms with van der Waals surface area (Å²) in [6.07, 6.45) is 4.35. The third-order valence-electron chi connectivity index (χ3n) is 4.42. The fourth-order valence-corrected chi connectivity index (χ4v) is 3.24. The van der Waals surface area contributed by atoms with Gasteiger partial charge in [0.1, 0.15) is 0 Å². The molecule has 1 fully saturated rings. The highest BCUT2D eigenvalue weighted by Crippen LogP contribution is 2.21. The molecule has 6 heteroatoms. The van der Waals surface area contributed by atoms with Crippen molar-refractivity contribution in [3.63, 3.8) is 0 Å². The molecule has 1 aliphatic rings. The van der Waals surface area contributed by atoms with Gasteiger partial charge in [0, 0.05) is 24.1 Å². The summed E-state index contributed by atoms with van der Waals surface area (Å²) in [7, 11) is 0. The number of aryl methyl sites for hydroxylation is 1. The van der Waals surface area contributed by atoms with Crippen LogP contribution in [-0.2, 0) is 6.54 Å². The van der Waals surface area contributed by atoms with Crippen molar-refractivity contribution in [2.24, 2.45) is 0 Å². The minimum Gasteiger partial charge on any atom is -0.324 e. The number of aromatic amines is 1. The number of hydrogen-bond acceptors (Lipinski definition) is 5. The minimum atomic E-state index is 0.600. The molecule has 1 saturated heterocycles. The van der Waals surface area contributed by atoms with Crippen LogP contribution in [0.4, 0.5) is 11.6 Å². The number of aromatic nitrogens is 4. The lowest BCUT2D eigenvalue weighted by Gasteiger charge is -2.15. The molecule has 1 aromatic carbocycles. The zero-order valence-corrected chi connectivity index (χ0v) is 14.4. The van der Waals surface area contributed by atoms with Gasteiger partial charge in [-0.2, -0.15) is 5.10 Å². The van der Waals surface area contributed by atoms with Crippen LogP contribution in [-0.4, -0.2) is 38.2 Å². The van der Waals surface area contributed by atoms with Crippen LogP contribution in [0.2, 0.25) is 0 Å². The lowest BCUT2D eigenvalue weighted by Crippen LogP contribution is -2.18. The van der Waals surface area contributed by atoms with Crippen molar-refractivity contribution in [3.8, 4) is 11.4 Å². The Kier molecular flexibility index (Phi) is 4.43. The van der Waals surface area contributed by atoms with E-state index in [1.807, 2.05) is 19.1 Å². The van der Waals surface area contributed by atoms with Crippen LogP contribution >= 0.6 is 0 Å². The summed E-state index contributed by atoms with van der Waals surface area (Å²) in [6, 6.07) is 12.3. The van der Waals surface area contributed by atoms with Crippen molar-refractivity contribution >= 4 is 11.6 Å². The maximum Gasteiger partial charge on any atom is 0.228 e. The van der Waals surface area contributed by atoms with Gasteiger partial charge in [0.25, 0.3) is 0 Å². The van der Waals surface area contributed by atoms with Crippen LogP contribution in [0.5, 0.6) is 0 Å². The molecular weight excluding hydrogens is 312 g/mol.